The summed E-state index contributed by atoms with van der Waals surface area (Å²) in [6.45, 7) is 8.77. The number of hydrogen-bond acceptors (Lipinski definition) is 2. The Labute approximate surface area is 102 Å². The van der Waals surface area contributed by atoms with E-state index in [0.29, 0.717) is 32.7 Å². The molecule has 1 heterocycles. The first-order valence-corrected chi connectivity index (χ1v) is 6.17. The monoisotopic (exact) mass is 242 g/mol. The molecule has 0 bridgehead atoms. The second-order valence-electron chi connectivity index (χ2n) is 4.16. The van der Waals surface area contributed by atoms with E-state index in [1.165, 1.54) is 0 Å². The fraction of sp³-hybridized carbons (Fsp3) is 0.818. The molecule has 0 spiro atoms. The summed E-state index contributed by atoms with van der Waals surface area (Å²) in [6, 6.07) is -0.0386. The highest BCUT2D eigenvalue weighted by Gasteiger charge is 2.29. The van der Waals surface area contributed by atoms with Gasteiger partial charge in [-0.25, -0.2) is 9.59 Å². The van der Waals surface area contributed by atoms with Crippen molar-refractivity contribution in [2.24, 2.45) is 0 Å². The van der Waals surface area contributed by atoms with Crippen LogP contribution in [0.1, 0.15) is 20.8 Å². The van der Waals surface area contributed by atoms with E-state index in [2.05, 4.69) is 10.6 Å². The summed E-state index contributed by atoms with van der Waals surface area (Å²) in [5.41, 5.74) is 0. The third kappa shape index (κ3) is 3.51. The first-order chi connectivity index (χ1) is 8.10. The number of carbonyl (C=O) groups excluding carboxylic acids is 2. The van der Waals surface area contributed by atoms with Crippen LogP contribution < -0.4 is 10.6 Å². The molecule has 1 aliphatic heterocycles. The number of amides is 4. The highest BCUT2D eigenvalue weighted by atomic mass is 16.2. The Morgan fingerprint density at radius 3 is 2.24 bits per heavy atom. The SMILES string of the molecule is CCNC(=O)N1CCN(C(=O)NCC)C(C)C1. The Hall–Kier alpha value is -1.46. The van der Waals surface area contributed by atoms with Gasteiger partial charge in [-0.1, -0.05) is 0 Å². The molecular weight excluding hydrogens is 220 g/mol. The minimum absolute atomic E-state index is 0.0458. The number of rotatable bonds is 2. The van der Waals surface area contributed by atoms with E-state index in [-0.39, 0.29) is 18.1 Å². The molecule has 6 nitrogen and oxygen atoms in total. The number of piperazine rings is 1. The summed E-state index contributed by atoms with van der Waals surface area (Å²) in [6.07, 6.45) is 0. The molecular formula is C11H22N4O2. The van der Waals surface area contributed by atoms with Gasteiger partial charge in [-0.3, -0.25) is 0 Å². The molecule has 0 saturated carbocycles. The quantitative estimate of drug-likeness (QED) is 0.738. The zero-order valence-electron chi connectivity index (χ0n) is 10.8. The van der Waals surface area contributed by atoms with Gasteiger partial charge in [-0.05, 0) is 20.8 Å². The topological polar surface area (TPSA) is 64.7 Å². The van der Waals surface area contributed by atoms with Crippen molar-refractivity contribution < 1.29 is 9.59 Å². The van der Waals surface area contributed by atoms with Gasteiger partial charge in [0.15, 0.2) is 0 Å². The molecule has 1 unspecified atom stereocenters. The number of nitrogens with zero attached hydrogens (tertiary/aromatic N) is 2. The van der Waals surface area contributed by atoms with E-state index in [1.54, 1.807) is 9.80 Å². The third-order valence-corrected chi connectivity index (χ3v) is 2.83. The summed E-state index contributed by atoms with van der Waals surface area (Å²) in [5, 5.41) is 5.56. The number of hydrogen-bond donors (Lipinski definition) is 2. The molecule has 1 saturated heterocycles. The minimum atomic E-state index is -0.0464. The van der Waals surface area contributed by atoms with Crippen molar-refractivity contribution in [3.05, 3.63) is 0 Å². The van der Waals surface area contributed by atoms with Gasteiger partial charge >= 0.3 is 12.1 Å². The van der Waals surface area contributed by atoms with Crippen LogP contribution in [0.2, 0.25) is 0 Å². The van der Waals surface area contributed by atoms with Crippen LogP contribution in [0.3, 0.4) is 0 Å². The van der Waals surface area contributed by atoms with Crippen molar-refractivity contribution in [2.45, 2.75) is 26.8 Å². The molecule has 1 atom stereocenters. The largest absolute Gasteiger partial charge is 0.338 e. The number of nitrogens with one attached hydrogen (secondary N) is 2. The van der Waals surface area contributed by atoms with Crippen LogP contribution in [0.5, 0.6) is 0 Å². The molecule has 2 N–H and O–H groups in total. The fourth-order valence-corrected chi connectivity index (χ4v) is 1.96. The summed E-state index contributed by atoms with van der Waals surface area (Å²) < 4.78 is 0. The van der Waals surface area contributed by atoms with Gasteiger partial charge in [-0.15, -0.1) is 0 Å². The Morgan fingerprint density at radius 1 is 1.12 bits per heavy atom. The maximum Gasteiger partial charge on any atom is 0.317 e. The highest BCUT2D eigenvalue weighted by Crippen LogP contribution is 2.09. The number of carbonyl (C=O) groups is 2. The third-order valence-electron chi connectivity index (χ3n) is 2.83. The van der Waals surface area contributed by atoms with E-state index in [0.717, 1.165) is 0 Å². The smallest absolute Gasteiger partial charge is 0.317 e. The lowest BCUT2D eigenvalue weighted by Crippen LogP contribution is -2.59. The fourth-order valence-electron chi connectivity index (χ4n) is 1.96. The Kier molecular flexibility index (Phi) is 5.06. The van der Waals surface area contributed by atoms with Gasteiger partial charge in [0.05, 0.1) is 0 Å². The maximum absolute atomic E-state index is 11.7. The second-order valence-corrected chi connectivity index (χ2v) is 4.16. The molecule has 4 amide bonds. The van der Waals surface area contributed by atoms with E-state index in [9.17, 15) is 9.59 Å². The van der Waals surface area contributed by atoms with Crippen molar-refractivity contribution >= 4 is 12.1 Å². The normalized spacial score (nSPS) is 20.1. The molecule has 0 aromatic carbocycles. The van der Waals surface area contributed by atoms with Crippen LogP contribution in [-0.2, 0) is 0 Å². The molecule has 0 radical (unpaired) electrons. The van der Waals surface area contributed by atoms with Gasteiger partial charge in [-0.2, -0.15) is 0 Å². The van der Waals surface area contributed by atoms with Crippen LogP contribution in [-0.4, -0.2) is 60.6 Å². The Morgan fingerprint density at radius 2 is 1.71 bits per heavy atom. The highest BCUT2D eigenvalue weighted by molar-refractivity contribution is 5.76. The summed E-state index contributed by atoms with van der Waals surface area (Å²) in [7, 11) is 0. The van der Waals surface area contributed by atoms with Gasteiger partial charge in [0.2, 0.25) is 0 Å². The van der Waals surface area contributed by atoms with Crippen LogP contribution >= 0.6 is 0 Å². The molecule has 0 aliphatic carbocycles. The average molecular weight is 242 g/mol. The zero-order chi connectivity index (χ0) is 12.8. The van der Waals surface area contributed by atoms with Gasteiger partial charge in [0.25, 0.3) is 0 Å². The Balaban J connectivity index is 2.49. The summed E-state index contributed by atoms with van der Waals surface area (Å²) in [4.78, 5) is 26.9. The van der Waals surface area contributed by atoms with Crippen molar-refractivity contribution in [3.8, 4) is 0 Å². The zero-order valence-corrected chi connectivity index (χ0v) is 10.8. The van der Waals surface area contributed by atoms with Crippen molar-refractivity contribution in [2.75, 3.05) is 32.7 Å². The van der Waals surface area contributed by atoms with Gasteiger partial charge in [0, 0.05) is 38.8 Å². The standard InChI is InChI=1S/C11H22N4O2/c1-4-12-10(16)14-6-7-15(9(3)8-14)11(17)13-5-2/h9H,4-8H2,1-3H3,(H,12,16)(H,13,17). The summed E-state index contributed by atoms with van der Waals surface area (Å²) in [5.74, 6) is 0. The van der Waals surface area contributed by atoms with Gasteiger partial charge < -0.3 is 20.4 Å². The lowest BCUT2D eigenvalue weighted by Gasteiger charge is -2.39. The second kappa shape index (κ2) is 6.32. The van der Waals surface area contributed by atoms with Crippen LogP contribution in [0.25, 0.3) is 0 Å². The molecule has 6 heteroatoms. The lowest BCUT2D eigenvalue weighted by molar-refractivity contribution is 0.112. The van der Waals surface area contributed by atoms with Gasteiger partial charge in [0.1, 0.15) is 0 Å². The molecule has 98 valence electrons. The van der Waals surface area contributed by atoms with Crippen molar-refractivity contribution in [1.82, 2.24) is 20.4 Å². The van der Waals surface area contributed by atoms with E-state index >= 15 is 0 Å². The lowest BCUT2D eigenvalue weighted by atomic mass is 10.2. The van der Waals surface area contributed by atoms with Crippen LogP contribution in [0.15, 0.2) is 0 Å². The predicted molar refractivity (Wildman–Crippen MR) is 65.9 cm³/mol. The van der Waals surface area contributed by atoms with Crippen LogP contribution in [0, 0.1) is 0 Å². The first kappa shape index (κ1) is 13.6. The van der Waals surface area contributed by atoms with Crippen molar-refractivity contribution in [1.29, 1.82) is 0 Å². The van der Waals surface area contributed by atoms with Crippen LogP contribution in [0.4, 0.5) is 9.59 Å². The molecule has 17 heavy (non-hydrogen) atoms. The summed E-state index contributed by atoms with van der Waals surface area (Å²) >= 11 is 0. The number of urea groups is 2. The Bertz CT molecular complexity index is 283. The van der Waals surface area contributed by atoms with Crippen molar-refractivity contribution in [3.63, 3.8) is 0 Å². The maximum atomic E-state index is 11.7. The molecule has 0 aromatic heterocycles. The van der Waals surface area contributed by atoms with E-state index < -0.39 is 0 Å². The van der Waals surface area contributed by atoms with E-state index in [1.807, 2.05) is 20.8 Å². The molecule has 0 aromatic rings. The average Bonchev–Trinajstić information content (AvgIpc) is 2.29. The molecule has 1 rings (SSSR count). The predicted octanol–water partition coefficient (Wildman–Crippen LogP) is 0.452. The molecule has 1 aliphatic rings. The van der Waals surface area contributed by atoms with E-state index in [4.69, 9.17) is 0 Å². The first-order valence-electron chi connectivity index (χ1n) is 6.17. The molecule has 1 fully saturated rings. The minimum Gasteiger partial charge on any atom is -0.338 e.